The summed E-state index contributed by atoms with van der Waals surface area (Å²) in [4.78, 5) is 20.7. The summed E-state index contributed by atoms with van der Waals surface area (Å²) in [7, 11) is -4.49. The van der Waals surface area contributed by atoms with Gasteiger partial charge in [-0.2, -0.15) is 0 Å². The Labute approximate surface area is 169 Å². The molecule has 1 fully saturated rings. The lowest BCUT2D eigenvalue weighted by molar-refractivity contribution is -0.384. The highest BCUT2D eigenvalue weighted by Crippen LogP contribution is 2.31. The van der Waals surface area contributed by atoms with Crippen LogP contribution in [-0.4, -0.2) is 92.8 Å². The lowest BCUT2D eigenvalue weighted by Crippen LogP contribution is -2.67. The van der Waals surface area contributed by atoms with Crippen molar-refractivity contribution in [2.75, 3.05) is 6.61 Å². The minimum Gasteiger partial charge on any atom is -0.477 e. The summed E-state index contributed by atoms with van der Waals surface area (Å²) in [6, 6.07) is 1.86. The van der Waals surface area contributed by atoms with E-state index in [1.165, 1.54) is 0 Å². The molecule has 30 heavy (non-hydrogen) atoms. The maximum atomic E-state index is 12.6. The fourth-order valence-electron chi connectivity index (χ4n) is 2.86. The van der Waals surface area contributed by atoms with E-state index in [-0.39, 0.29) is 5.69 Å². The number of nitrogens with one attached hydrogen (secondary N) is 1. The monoisotopic (exact) mass is 452 g/mol. The molecule has 0 saturated carbocycles. The summed E-state index contributed by atoms with van der Waals surface area (Å²) in [5.74, 6) is -4.94. The molecule has 1 aliphatic heterocycles. The number of rotatable bonds is 8. The van der Waals surface area contributed by atoms with E-state index in [1.54, 1.807) is 0 Å². The molecule has 0 bridgehead atoms. The van der Waals surface area contributed by atoms with E-state index in [4.69, 9.17) is 14.9 Å². The maximum absolute atomic E-state index is 12.6. The molecule has 1 aliphatic rings. The number of nitro benzene ring substituents is 1. The number of aliphatic hydroxyl groups is 5. The molecule has 0 aromatic heterocycles. The minimum absolute atomic E-state index is 0.388. The third-order valence-corrected chi connectivity index (χ3v) is 5.96. The fraction of sp³-hybridized carbons (Fsp3) is 0.533. The Hall–Kier alpha value is -2.24. The first kappa shape index (κ1) is 24.0. The molecule has 2 rings (SSSR count). The molecule has 168 valence electrons. The number of nitro groups is 1. The van der Waals surface area contributed by atoms with Crippen molar-refractivity contribution in [2.24, 2.45) is 0 Å². The summed E-state index contributed by atoms with van der Waals surface area (Å²) < 4.78 is 32.1. The quantitative estimate of drug-likeness (QED) is 0.153. The Morgan fingerprint density at radius 2 is 1.90 bits per heavy atom. The normalized spacial score (nSPS) is 29.2. The van der Waals surface area contributed by atoms with E-state index in [2.05, 4.69) is 0 Å². The highest BCUT2D eigenvalue weighted by molar-refractivity contribution is 7.89. The first-order chi connectivity index (χ1) is 13.8. The van der Waals surface area contributed by atoms with Gasteiger partial charge in [0, 0.05) is 18.6 Å². The molecule has 7 N–H and O–H groups in total. The molecule has 6 atom stereocenters. The fourth-order valence-corrected chi connectivity index (χ4v) is 4.14. The standard InChI is InChI=1S/C15H20N2O12S/c18-6-10(20)12(21)13-11(9(19)5-15(24,29-13)14(22)23)16-30(27,28)8-3-1-7(2-4-8)17(25)26/h1-4,9-13,16,18-21,24H,5-6H2,(H,22,23)/t9-,10+,11+,12+,13+,15?/m0/s1. The van der Waals surface area contributed by atoms with Crippen molar-refractivity contribution in [3.63, 3.8) is 0 Å². The van der Waals surface area contributed by atoms with Gasteiger partial charge in [0.2, 0.25) is 10.0 Å². The molecule has 1 aromatic carbocycles. The number of non-ortho nitro benzene ring substituents is 1. The van der Waals surface area contributed by atoms with E-state index in [1.807, 2.05) is 4.72 Å². The molecule has 1 unspecified atom stereocenters. The smallest absolute Gasteiger partial charge is 0.364 e. The lowest BCUT2D eigenvalue weighted by Gasteiger charge is -2.44. The van der Waals surface area contributed by atoms with Gasteiger partial charge in [0.1, 0.15) is 18.3 Å². The zero-order valence-corrected chi connectivity index (χ0v) is 15.9. The Bertz CT molecular complexity index is 891. The zero-order chi connectivity index (χ0) is 22.9. The number of aliphatic carboxylic acids is 1. The van der Waals surface area contributed by atoms with Crippen molar-refractivity contribution < 1.29 is 53.5 Å². The molecule has 15 heteroatoms. The Balaban J connectivity index is 2.37. The molecular weight excluding hydrogens is 432 g/mol. The van der Waals surface area contributed by atoms with Crippen LogP contribution in [0.5, 0.6) is 0 Å². The van der Waals surface area contributed by atoms with Gasteiger partial charge in [-0.15, -0.1) is 0 Å². The summed E-state index contributed by atoms with van der Waals surface area (Å²) in [6.07, 6.45) is -8.93. The molecular formula is C15H20N2O12S. The molecule has 0 radical (unpaired) electrons. The highest BCUT2D eigenvalue weighted by Gasteiger charge is 2.54. The van der Waals surface area contributed by atoms with Crippen molar-refractivity contribution in [3.8, 4) is 0 Å². The van der Waals surface area contributed by atoms with Crippen LogP contribution in [0.3, 0.4) is 0 Å². The Kier molecular flexibility index (Phi) is 7.10. The molecule has 1 saturated heterocycles. The third-order valence-electron chi connectivity index (χ3n) is 4.49. The Morgan fingerprint density at radius 3 is 2.37 bits per heavy atom. The number of hydrogen-bond donors (Lipinski definition) is 7. The lowest BCUT2D eigenvalue weighted by atomic mass is 9.89. The molecule has 0 amide bonds. The van der Waals surface area contributed by atoms with Crippen molar-refractivity contribution in [3.05, 3.63) is 34.4 Å². The van der Waals surface area contributed by atoms with Crippen molar-refractivity contribution in [1.29, 1.82) is 0 Å². The van der Waals surface area contributed by atoms with E-state index < -0.39 is 75.1 Å². The van der Waals surface area contributed by atoms with Crippen LogP contribution in [0.1, 0.15) is 6.42 Å². The minimum atomic E-state index is -4.49. The van der Waals surface area contributed by atoms with Gasteiger partial charge in [-0.05, 0) is 12.1 Å². The largest absolute Gasteiger partial charge is 0.477 e. The van der Waals surface area contributed by atoms with Gasteiger partial charge in [0.25, 0.3) is 11.5 Å². The average molecular weight is 452 g/mol. The van der Waals surface area contributed by atoms with Gasteiger partial charge in [0.05, 0.1) is 28.6 Å². The molecule has 0 aliphatic carbocycles. The summed E-state index contributed by atoms with van der Waals surface area (Å²) >= 11 is 0. The topological polar surface area (TPSA) is 237 Å². The number of carbonyl (C=O) groups is 1. The van der Waals surface area contributed by atoms with E-state index >= 15 is 0 Å². The third kappa shape index (κ3) is 4.90. The van der Waals surface area contributed by atoms with Crippen molar-refractivity contribution in [1.82, 2.24) is 4.72 Å². The number of carboxylic acid groups (broad SMARTS) is 1. The zero-order valence-electron chi connectivity index (χ0n) is 15.1. The highest BCUT2D eigenvalue weighted by atomic mass is 32.2. The second-order valence-electron chi connectivity index (χ2n) is 6.58. The summed E-state index contributed by atoms with van der Waals surface area (Å²) in [5.41, 5.74) is -0.388. The van der Waals surface area contributed by atoms with Gasteiger partial charge in [0.15, 0.2) is 0 Å². The predicted octanol–water partition coefficient (Wildman–Crippen LogP) is -3.12. The van der Waals surface area contributed by atoms with E-state index in [0.29, 0.717) is 0 Å². The summed E-state index contributed by atoms with van der Waals surface area (Å²) in [5, 5.41) is 68.9. The van der Waals surface area contributed by atoms with Crippen LogP contribution in [0.4, 0.5) is 5.69 Å². The van der Waals surface area contributed by atoms with Crippen LogP contribution >= 0.6 is 0 Å². The Morgan fingerprint density at radius 1 is 1.33 bits per heavy atom. The van der Waals surface area contributed by atoms with Crippen LogP contribution in [0.15, 0.2) is 29.2 Å². The van der Waals surface area contributed by atoms with Gasteiger partial charge >= 0.3 is 5.97 Å². The second kappa shape index (κ2) is 8.86. The van der Waals surface area contributed by atoms with Crippen LogP contribution in [0.25, 0.3) is 0 Å². The van der Waals surface area contributed by atoms with E-state index in [9.17, 15) is 43.8 Å². The SMILES string of the molecule is O=C(O)C1(O)C[C@H](O)[C@@H](NS(=O)(=O)c2ccc([N+](=O)[O-])cc2)[C@H]([C@H](O)[C@H](O)CO)O1. The first-order valence-electron chi connectivity index (χ1n) is 8.38. The molecule has 14 nitrogen and oxygen atoms in total. The number of carboxylic acids is 1. The van der Waals surface area contributed by atoms with Crippen molar-refractivity contribution >= 4 is 21.7 Å². The number of hydrogen-bond acceptors (Lipinski definition) is 11. The second-order valence-corrected chi connectivity index (χ2v) is 8.30. The van der Waals surface area contributed by atoms with Gasteiger partial charge in [-0.3, -0.25) is 10.1 Å². The van der Waals surface area contributed by atoms with Crippen molar-refractivity contribution in [2.45, 2.75) is 47.6 Å². The number of ether oxygens (including phenoxy) is 1. The van der Waals surface area contributed by atoms with Crippen LogP contribution < -0.4 is 4.72 Å². The van der Waals surface area contributed by atoms with Crippen LogP contribution in [0, 0.1) is 10.1 Å². The molecule has 1 heterocycles. The average Bonchev–Trinajstić information content (AvgIpc) is 2.68. The maximum Gasteiger partial charge on any atom is 0.364 e. The summed E-state index contributed by atoms with van der Waals surface area (Å²) in [6.45, 7) is -1.02. The number of sulfonamides is 1. The van der Waals surface area contributed by atoms with E-state index in [0.717, 1.165) is 24.3 Å². The van der Waals surface area contributed by atoms with Gasteiger partial charge in [-0.25, -0.2) is 17.9 Å². The first-order valence-corrected chi connectivity index (χ1v) is 9.86. The van der Waals surface area contributed by atoms with Gasteiger partial charge in [-0.1, -0.05) is 0 Å². The van der Waals surface area contributed by atoms with Crippen LogP contribution in [-0.2, 0) is 19.6 Å². The van der Waals surface area contributed by atoms with Crippen LogP contribution in [0.2, 0.25) is 0 Å². The molecule has 1 aromatic rings. The van der Waals surface area contributed by atoms with Gasteiger partial charge < -0.3 is 35.4 Å². The molecule has 0 spiro atoms. The predicted molar refractivity (Wildman–Crippen MR) is 94.4 cm³/mol. The number of aliphatic hydroxyl groups excluding tert-OH is 4. The number of benzene rings is 1. The number of nitrogens with zero attached hydrogens (tertiary/aromatic N) is 1.